The van der Waals surface area contributed by atoms with Gasteiger partial charge in [-0.2, -0.15) is 0 Å². The van der Waals surface area contributed by atoms with Crippen molar-refractivity contribution in [3.63, 3.8) is 0 Å². The molecule has 0 aliphatic heterocycles. The second-order valence-corrected chi connectivity index (χ2v) is 3.98. The normalized spacial score (nSPS) is 10.5. The number of hydrogen-bond acceptors (Lipinski definition) is 4. The number of ether oxygens (including phenoxy) is 2. The van der Waals surface area contributed by atoms with Crippen LogP contribution in [0.15, 0.2) is 12.1 Å². The minimum atomic E-state index is 0.338. The first-order chi connectivity index (χ1) is 8.08. The summed E-state index contributed by atoms with van der Waals surface area (Å²) >= 11 is 5.12. The van der Waals surface area contributed by atoms with E-state index < -0.39 is 0 Å². The third-order valence-corrected chi connectivity index (χ3v) is 3.04. The number of benzene rings is 1. The van der Waals surface area contributed by atoms with Gasteiger partial charge in [0, 0.05) is 18.5 Å². The summed E-state index contributed by atoms with van der Waals surface area (Å²) in [7, 11) is 4.89. The fourth-order valence-corrected chi connectivity index (χ4v) is 1.86. The van der Waals surface area contributed by atoms with Gasteiger partial charge in [0.15, 0.2) is 16.3 Å². The lowest BCUT2D eigenvalue weighted by Crippen LogP contribution is -2.19. The topological polar surface area (TPSA) is 63.0 Å². The highest BCUT2D eigenvalue weighted by molar-refractivity contribution is 7.71. The van der Waals surface area contributed by atoms with Crippen LogP contribution in [-0.4, -0.2) is 23.8 Å². The van der Waals surface area contributed by atoms with Gasteiger partial charge in [-0.25, -0.2) is 0 Å². The van der Waals surface area contributed by atoms with Crippen molar-refractivity contribution in [3.05, 3.63) is 22.4 Å². The fraction of sp³-hybridized carbons (Fsp3) is 0.273. The number of fused-ring (bicyclic) bond motifs is 1. The molecule has 0 aliphatic rings. The second-order valence-electron chi connectivity index (χ2n) is 3.59. The average molecular weight is 251 g/mol. The molecule has 0 unspecified atom stereocenters. The number of H-pyrrole nitrogens is 1. The maximum absolute atomic E-state index is 8.01. The molecule has 90 valence electrons. The van der Waals surface area contributed by atoms with E-state index in [1.54, 1.807) is 38.0 Å². The van der Waals surface area contributed by atoms with Crippen molar-refractivity contribution >= 4 is 23.1 Å². The summed E-state index contributed by atoms with van der Waals surface area (Å²) in [6.07, 6.45) is 0. The molecule has 17 heavy (non-hydrogen) atoms. The van der Waals surface area contributed by atoms with Gasteiger partial charge < -0.3 is 19.0 Å². The minimum Gasteiger partial charge on any atom is -0.493 e. The Hall–Kier alpha value is -1.82. The average Bonchev–Trinajstić information content (AvgIpc) is 2.34. The van der Waals surface area contributed by atoms with Crippen molar-refractivity contribution in [1.82, 2.24) is 9.55 Å². The van der Waals surface area contributed by atoms with E-state index in [1.807, 2.05) is 0 Å². The van der Waals surface area contributed by atoms with Gasteiger partial charge in [0.1, 0.15) is 5.49 Å². The van der Waals surface area contributed by atoms with Crippen molar-refractivity contribution in [2.75, 3.05) is 14.2 Å². The van der Waals surface area contributed by atoms with Crippen LogP contribution in [0.2, 0.25) is 0 Å². The molecule has 0 bridgehead atoms. The molecule has 0 saturated carbocycles. The molecular formula is C11H13N3O2S. The van der Waals surface area contributed by atoms with E-state index in [2.05, 4.69) is 4.98 Å². The van der Waals surface area contributed by atoms with E-state index in [1.165, 1.54) is 0 Å². The second kappa shape index (κ2) is 4.21. The minimum absolute atomic E-state index is 0.338. The quantitative estimate of drug-likeness (QED) is 0.799. The maximum Gasteiger partial charge on any atom is 0.178 e. The van der Waals surface area contributed by atoms with Crippen LogP contribution in [-0.2, 0) is 7.05 Å². The third kappa shape index (κ3) is 1.80. The molecule has 1 aromatic heterocycles. The lowest BCUT2D eigenvalue weighted by molar-refractivity contribution is 0.355. The number of methoxy groups -OCH3 is 2. The monoisotopic (exact) mass is 251 g/mol. The molecule has 2 N–H and O–H groups in total. The van der Waals surface area contributed by atoms with E-state index in [0.29, 0.717) is 21.8 Å². The van der Waals surface area contributed by atoms with Crippen molar-refractivity contribution in [1.29, 1.82) is 5.41 Å². The number of nitrogens with zero attached hydrogens (tertiary/aromatic N) is 1. The maximum atomic E-state index is 8.01. The number of rotatable bonds is 2. The molecule has 0 saturated heterocycles. The van der Waals surface area contributed by atoms with Gasteiger partial charge in [0.25, 0.3) is 0 Å². The van der Waals surface area contributed by atoms with E-state index in [-0.39, 0.29) is 0 Å². The summed E-state index contributed by atoms with van der Waals surface area (Å²) < 4.78 is 12.5. The van der Waals surface area contributed by atoms with Gasteiger partial charge in [0.2, 0.25) is 0 Å². The first-order valence-electron chi connectivity index (χ1n) is 4.98. The first-order valence-corrected chi connectivity index (χ1v) is 5.39. The van der Waals surface area contributed by atoms with E-state index in [9.17, 15) is 0 Å². The van der Waals surface area contributed by atoms with Gasteiger partial charge in [-0.15, -0.1) is 0 Å². The Morgan fingerprint density at radius 1 is 1.24 bits per heavy atom. The van der Waals surface area contributed by atoms with Crippen LogP contribution in [0.1, 0.15) is 0 Å². The van der Waals surface area contributed by atoms with E-state index in [4.69, 9.17) is 27.1 Å². The first kappa shape index (κ1) is 11.7. The highest BCUT2D eigenvalue weighted by Gasteiger charge is 2.08. The summed E-state index contributed by atoms with van der Waals surface area (Å²) in [4.78, 5) is 3.05. The zero-order chi connectivity index (χ0) is 12.6. The zero-order valence-corrected chi connectivity index (χ0v) is 10.6. The predicted octanol–water partition coefficient (Wildman–Crippen LogP) is 1.73. The molecule has 1 aromatic carbocycles. The highest BCUT2D eigenvalue weighted by atomic mass is 32.1. The van der Waals surface area contributed by atoms with Crippen molar-refractivity contribution in [2.24, 2.45) is 7.05 Å². The summed E-state index contributed by atoms with van der Waals surface area (Å²) in [5.41, 5.74) is 1.10. The Bertz CT molecular complexity index is 687. The molecule has 0 atom stereocenters. The zero-order valence-electron chi connectivity index (χ0n) is 9.83. The van der Waals surface area contributed by atoms with Crippen LogP contribution in [0.4, 0.5) is 0 Å². The van der Waals surface area contributed by atoms with Crippen LogP contribution in [0, 0.1) is 10.2 Å². The lowest BCUT2D eigenvalue weighted by atomic mass is 10.2. The van der Waals surface area contributed by atoms with Crippen LogP contribution in [0.5, 0.6) is 11.5 Å². The molecule has 1 heterocycles. The van der Waals surface area contributed by atoms with E-state index >= 15 is 0 Å². The van der Waals surface area contributed by atoms with Crippen molar-refractivity contribution in [3.8, 4) is 11.5 Å². The summed E-state index contributed by atoms with van der Waals surface area (Å²) in [6, 6.07) is 3.55. The van der Waals surface area contributed by atoms with E-state index in [0.717, 1.165) is 10.9 Å². The number of aromatic nitrogens is 2. The standard InChI is InChI=1S/C11H13N3O2S/c1-14-10(12)6-4-8(15-2)9(16-3)5-7(6)13-11(14)17/h4-5,12H,1-3H3,(H,13,17). The molecule has 6 heteroatoms. The smallest absolute Gasteiger partial charge is 0.178 e. The lowest BCUT2D eigenvalue weighted by Gasteiger charge is -2.10. The summed E-state index contributed by atoms with van der Waals surface area (Å²) in [5.74, 6) is 1.21. The molecule has 2 aromatic rings. The summed E-state index contributed by atoms with van der Waals surface area (Å²) in [6.45, 7) is 0. The van der Waals surface area contributed by atoms with Crippen LogP contribution in [0.25, 0.3) is 10.9 Å². The molecular weight excluding hydrogens is 238 g/mol. The van der Waals surface area contributed by atoms with Gasteiger partial charge in [-0.3, -0.25) is 5.41 Å². The molecule has 0 spiro atoms. The Kier molecular flexibility index (Phi) is 2.89. The predicted molar refractivity (Wildman–Crippen MR) is 67.1 cm³/mol. The van der Waals surface area contributed by atoms with Crippen molar-refractivity contribution in [2.45, 2.75) is 0 Å². The van der Waals surface area contributed by atoms with Crippen LogP contribution >= 0.6 is 12.2 Å². The Morgan fingerprint density at radius 2 is 1.82 bits per heavy atom. The SMILES string of the molecule is COc1cc2[nH]c(=S)n(C)c(=N)c2cc1OC. The highest BCUT2D eigenvalue weighted by Crippen LogP contribution is 2.29. The Labute approximate surface area is 103 Å². The molecule has 0 fully saturated rings. The third-order valence-electron chi connectivity index (χ3n) is 2.66. The number of nitrogens with one attached hydrogen (secondary N) is 2. The Balaban J connectivity index is 2.93. The van der Waals surface area contributed by atoms with Gasteiger partial charge in [-0.1, -0.05) is 0 Å². The van der Waals surface area contributed by atoms with Gasteiger partial charge in [-0.05, 0) is 18.3 Å². The molecule has 0 radical (unpaired) electrons. The molecule has 2 rings (SSSR count). The molecule has 0 amide bonds. The van der Waals surface area contributed by atoms with Crippen LogP contribution in [0.3, 0.4) is 0 Å². The van der Waals surface area contributed by atoms with Gasteiger partial charge >= 0.3 is 0 Å². The Morgan fingerprint density at radius 3 is 2.41 bits per heavy atom. The number of hydrogen-bond donors (Lipinski definition) is 2. The fourth-order valence-electron chi connectivity index (χ4n) is 1.66. The van der Waals surface area contributed by atoms with Crippen LogP contribution < -0.4 is 15.0 Å². The molecule has 5 nitrogen and oxygen atoms in total. The largest absolute Gasteiger partial charge is 0.493 e. The molecule has 0 aliphatic carbocycles. The summed E-state index contributed by atoms with van der Waals surface area (Å²) in [5, 5.41) is 8.74. The number of aromatic amines is 1. The van der Waals surface area contributed by atoms with Crippen molar-refractivity contribution < 1.29 is 9.47 Å². The van der Waals surface area contributed by atoms with Gasteiger partial charge in [0.05, 0.1) is 19.7 Å².